The summed E-state index contributed by atoms with van der Waals surface area (Å²) in [5.74, 6) is 0. The molecule has 0 amide bonds. The van der Waals surface area contributed by atoms with E-state index in [9.17, 15) is 13.2 Å². The van der Waals surface area contributed by atoms with Gasteiger partial charge < -0.3 is 0 Å². The molecule has 2 atom stereocenters. The van der Waals surface area contributed by atoms with E-state index in [1.807, 2.05) is 0 Å². The van der Waals surface area contributed by atoms with Gasteiger partial charge in [0.15, 0.2) is 0 Å². The maximum Gasteiger partial charge on any atom is 0.400 e. The molecule has 0 heterocycles. The molecule has 0 nitrogen and oxygen atoms in total. The van der Waals surface area contributed by atoms with Gasteiger partial charge in [-0.3, -0.25) is 0 Å². The molecule has 0 saturated carbocycles. The van der Waals surface area contributed by atoms with Crippen molar-refractivity contribution in [1.82, 2.24) is 0 Å². The first-order valence-electron chi connectivity index (χ1n) is 4.49. The average molecular weight is 237 g/mol. The lowest BCUT2D eigenvalue weighted by Crippen LogP contribution is -2.32. The molecular formula is C11H12ClF3. The van der Waals surface area contributed by atoms with Crippen molar-refractivity contribution in [2.75, 3.05) is 0 Å². The Hall–Kier alpha value is -0.700. The summed E-state index contributed by atoms with van der Waals surface area (Å²) in [7, 11) is 0. The van der Waals surface area contributed by atoms with Crippen molar-refractivity contribution in [3.8, 4) is 0 Å². The second-order valence-corrected chi connectivity index (χ2v) is 4.80. The van der Waals surface area contributed by atoms with Gasteiger partial charge in [0.2, 0.25) is 0 Å². The van der Waals surface area contributed by atoms with E-state index in [0.717, 1.165) is 19.1 Å². The smallest absolute Gasteiger partial charge is 0.170 e. The zero-order valence-corrected chi connectivity index (χ0v) is 9.23. The number of hydrogen-bond acceptors (Lipinski definition) is 0. The standard InChI is InChI=1S/C11H12ClF3/c1-9(11(13,14)15)5-3-4-6-10(2,12)8-7-9/h3-8H,1-2H3/b5-3-,6-4-,8-7-. The maximum atomic E-state index is 12.7. The average Bonchev–Trinajstić information content (AvgIpc) is 2.05. The Morgan fingerprint density at radius 3 is 2.00 bits per heavy atom. The third-order valence-electron chi connectivity index (χ3n) is 2.34. The molecule has 0 aliphatic heterocycles. The normalized spacial score (nSPS) is 42.8. The van der Waals surface area contributed by atoms with Gasteiger partial charge in [-0.05, 0) is 13.8 Å². The molecule has 15 heavy (non-hydrogen) atoms. The monoisotopic (exact) mass is 236 g/mol. The molecule has 0 bridgehead atoms. The van der Waals surface area contributed by atoms with Gasteiger partial charge in [-0.2, -0.15) is 13.2 Å². The summed E-state index contributed by atoms with van der Waals surface area (Å²) in [6.45, 7) is 2.75. The summed E-state index contributed by atoms with van der Waals surface area (Å²) in [6, 6.07) is 0. The number of rotatable bonds is 0. The van der Waals surface area contributed by atoms with Crippen LogP contribution in [-0.4, -0.2) is 11.1 Å². The molecule has 0 radical (unpaired) electrons. The first-order valence-corrected chi connectivity index (χ1v) is 4.87. The fraction of sp³-hybridized carbons (Fsp3) is 0.455. The lowest BCUT2D eigenvalue weighted by Gasteiger charge is -2.27. The third kappa shape index (κ3) is 2.88. The summed E-state index contributed by atoms with van der Waals surface area (Å²) >= 11 is 5.95. The van der Waals surface area contributed by atoms with Gasteiger partial charge in [0.25, 0.3) is 0 Å². The third-order valence-corrected chi connectivity index (χ3v) is 2.59. The highest BCUT2D eigenvalue weighted by atomic mass is 35.5. The Bertz CT molecular complexity index is 323. The fourth-order valence-corrected chi connectivity index (χ4v) is 1.27. The van der Waals surface area contributed by atoms with E-state index in [4.69, 9.17) is 11.6 Å². The molecule has 1 rings (SSSR count). The van der Waals surface area contributed by atoms with Crippen LogP contribution in [0.3, 0.4) is 0 Å². The molecule has 1 aliphatic carbocycles. The van der Waals surface area contributed by atoms with Crippen LogP contribution in [0.25, 0.3) is 0 Å². The topological polar surface area (TPSA) is 0 Å². The molecule has 84 valence electrons. The second-order valence-electron chi connectivity index (χ2n) is 3.98. The summed E-state index contributed by atoms with van der Waals surface area (Å²) in [5, 5.41) is 0. The number of halogens is 4. The van der Waals surface area contributed by atoms with Crippen LogP contribution in [0.4, 0.5) is 13.2 Å². The van der Waals surface area contributed by atoms with Gasteiger partial charge in [0.05, 0.1) is 10.3 Å². The molecule has 0 aromatic rings. The van der Waals surface area contributed by atoms with E-state index in [0.29, 0.717) is 0 Å². The molecule has 0 aromatic carbocycles. The lowest BCUT2D eigenvalue weighted by atomic mass is 9.86. The van der Waals surface area contributed by atoms with Crippen molar-refractivity contribution in [2.24, 2.45) is 5.41 Å². The number of alkyl halides is 4. The van der Waals surface area contributed by atoms with Crippen LogP contribution in [0.2, 0.25) is 0 Å². The van der Waals surface area contributed by atoms with Crippen LogP contribution >= 0.6 is 11.6 Å². The van der Waals surface area contributed by atoms with E-state index < -0.39 is 16.5 Å². The highest BCUT2D eigenvalue weighted by molar-refractivity contribution is 6.26. The minimum Gasteiger partial charge on any atom is -0.170 e. The summed E-state index contributed by atoms with van der Waals surface area (Å²) < 4.78 is 38.2. The zero-order valence-electron chi connectivity index (χ0n) is 8.48. The van der Waals surface area contributed by atoms with Crippen LogP contribution in [-0.2, 0) is 0 Å². The highest BCUT2D eigenvalue weighted by Gasteiger charge is 2.47. The number of hydrogen-bond donors (Lipinski definition) is 0. The predicted octanol–water partition coefficient (Wildman–Crippen LogP) is 4.23. The Balaban J connectivity index is 3.15. The fourth-order valence-electron chi connectivity index (χ4n) is 1.14. The maximum absolute atomic E-state index is 12.7. The molecule has 0 spiro atoms. The second kappa shape index (κ2) is 3.71. The van der Waals surface area contributed by atoms with Gasteiger partial charge in [-0.1, -0.05) is 36.5 Å². The van der Waals surface area contributed by atoms with E-state index >= 15 is 0 Å². The highest BCUT2D eigenvalue weighted by Crippen LogP contribution is 2.42. The molecule has 0 saturated heterocycles. The minimum atomic E-state index is -4.31. The molecule has 0 aromatic heterocycles. The van der Waals surface area contributed by atoms with E-state index in [2.05, 4.69) is 0 Å². The summed E-state index contributed by atoms with van der Waals surface area (Å²) in [6.07, 6.45) is 3.81. The van der Waals surface area contributed by atoms with Crippen LogP contribution in [0.1, 0.15) is 13.8 Å². The molecule has 4 heteroatoms. The number of allylic oxidation sites excluding steroid dienone is 6. The van der Waals surface area contributed by atoms with Crippen LogP contribution in [0.5, 0.6) is 0 Å². The van der Waals surface area contributed by atoms with Crippen molar-refractivity contribution in [2.45, 2.75) is 24.9 Å². The van der Waals surface area contributed by atoms with Gasteiger partial charge in [-0.25, -0.2) is 0 Å². The Morgan fingerprint density at radius 2 is 1.47 bits per heavy atom. The van der Waals surface area contributed by atoms with E-state index in [1.165, 1.54) is 18.2 Å². The van der Waals surface area contributed by atoms with Gasteiger partial charge in [0, 0.05) is 0 Å². The Labute approximate surface area is 92.1 Å². The van der Waals surface area contributed by atoms with Gasteiger partial charge in [-0.15, -0.1) is 11.6 Å². The van der Waals surface area contributed by atoms with Crippen molar-refractivity contribution < 1.29 is 13.2 Å². The predicted molar refractivity (Wildman–Crippen MR) is 55.8 cm³/mol. The SMILES string of the molecule is CC1(Cl)/C=C\C=C/C(C)(C(F)(F)F)/C=C\1. The Morgan fingerprint density at radius 1 is 0.933 bits per heavy atom. The minimum absolute atomic E-state index is 0.864. The lowest BCUT2D eigenvalue weighted by molar-refractivity contribution is -0.183. The van der Waals surface area contributed by atoms with Crippen molar-refractivity contribution in [3.05, 3.63) is 36.5 Å². The van der Waals surface area contributed by atoms with Crippen LogP contribution in [0, 0.1) is 5.41 Å². The van der Waals surface area contributed by atoms with Crippen molar-refractivity contribution in [3.63, 3.8) is 0 Å². The molecule has 0 fully saturated rings. The molecular weight excluding hydrogens is 225 g/mol. The first-order chi connectivity index (χ1) is 6.66. The quantitative estimate of drug-likeness (QED) is 0.436. The summed E-state index contributed by atoms with van der Waals surface area (Å²) in [5.41, 5.74) is -1.95. The Kier molecular flexibility index (Phi) is 3.06. The van der Waals surface area contributed by atoms with Crippen molar-refractivity contribution >= 4 is 11.6 Å². The van der Waals surface area contributed by atoms with E-state index in [1.54, 1.807) is 13.0 Å². The first kappa shape index (κ1) is 12.4. The van der Waals surface area contributed by atoms with E-state index in [-0.39, 0.29) is 0 Å². The van der Waals surface area contributed by atoms with Crippen LogP contribution in [0.15, 0.2) is 36.5 Å². The molecule has 0 N–H and O–H groups in total. The van der Waals surface area contributed by atoms with Crippen LogP contribution < -0.4 is 0 Å². The van der Waals surface area contributed by atoms with Crippen molar-refractivity contribution in [1.29, 1.82) is 0 Å². The zero-order chi connectivity index (χ0) is 11.7. The molecule has 2 unspecified atom stereocenters. The van der Waals surface area contributed by atoms with Gasteiger partial charge >= 0.3 is 6.18 Å². The largest absolute Gasteiger partial charge is 0.400 e. The van der Waals surface area contributed by atoms with Gasteiger partial charge in [0.1, 0.15) is 0 Å². The molecule has 1 aliphatic rings. The summed E-state index contributed by atoms with van der Waals surface area (Å²) in [4.78, 5) is -0.864.